The fraction of sp³-hybridized carbons (Fsp3) is 0.111. The highest BCUT2D eigenvalue weighted by atomic mass is 15.0. The summed E-state index contributed by atoms with van der Waals surface area (Å²) >= 11 is 0. The van der Waals surface area contributed by atoms with Gasteiger partial charge in [0.15, 0.2) is 0 Å². The number of fused-ring (bicyclic) bond motifs is 6. The van der Waals surface area contributed by atoms with Crippen LogP contribution in [0.5, 0.6) is 0 Å². The minimum absolute atomic E-state index is 0.00880. The lowest BCUT2D eigenvalue weighted by molar-refractivity contribution is 0.660. The van der Waals surface area contributed by atoms with E-state index >= 15 is 0 Å². The van der Waals surface area contributed by atoms with Crippen LogP contribution < -0.4 is 5.46 Å². The van der Waals surface area contributed by atoms with E-state index in [0.29, 0.717) is 0 Å². The monoisotopic (exact) mass is 369 g/mol. The molecule has 5 aromatic rings. The van der Waals surface area contributed by atoms with Gasteiger partial charge in [0.25, 0.3) is 0 Å². The second-order valence-electron chi connectivity index (χ2n) is 8.53. The molecule has 2 heteroatoms. The highest BCUT2D eigenvalue weighted by Gasteiger charge is 2.35. The van der Waals surface area contributed by atoms with Gasteiger partial charge in [-0.15, -0.1) is 0 Å². The molecule has 0 unspecified atom stereocenters. The summed E-state index contributed by atoms with van der Waals surface area (Å²) in [5.74, 6) is 0. The number of hydrogen-bond acceptors (Lipinski definition) is 0. The molecule has 0 amide bonds. The van der Waals surface area contributed by atoms with E-state index in [9.17, 15) is 0 Å². The van der Waals surface area contributed by atoms with Gasteiger partial charge < -0.3 is 4.57 Å². The average Bonchev–Trinajstić information content (AvgIpc) is 3.18. The first kappa shape index (κ1) is 16.7. The van der Waals surface area contributed by atoms with Crippen LogP contribution >= 0.6 is 0 Å². The van der Waals surface area contributed by atoms with Crippen molar-refractivity contribution in [1.29, 1.82) is 0 Å². The molecule has 136 valence electrons. The van der Waals surface area contributed by atoms with Crippen molar-refractivity contribution in [3.8, 4) is 16.8 Å². The van der Waals surface area contributed by atoms with E-state index < -0.39 is 0 Å². The predicted molar refractivity (Wildman–Crippen MR) is 124 cm³/mol. The van der Waals surface area contributed by atoms with E-state index in [1.54, 1.807) is 0 Å². The van der Waals surface area contributed by atoms with Gasteiger partial charge in [-0.3, -0.25) is 0 Å². The molecule has 0 bridgehead atoms. The van der Waals surface area contributed by atoms with Crippen molar-refractivity contribution >= 4 is 35.1 Å². The van der Waals surface area contributed by atoms with Crippen molar-refractivity contribution < 1.29 is 0 Å². The molecule has 0 saturated heterocycles. The maximum atomic E-state index is 6.11. The van der Waals surface area contributed by atoms with Crippen LogP contribution in [0.1, 0.15) is 25.0 Å². The third-order valence-electron chi connectivity index (χ3n) is 6.52. The average molecular weight is 369 g/mol. The Hall–Kier alpha value is -3.26. The zero-order valence-electron chi connectivity index (χ0n) is 16.6. The van der Waals surface area contributed by atoms with Gasteiger partial charge in [0, 0.05) is 21.9 Å². The van der Waals surface area contributed by atoms with E-state index in [2.05, 4.69) is 97.3 Å². The Kier molecular flexibility index (Phi) is 3.24. The summed E-state index contributed by atoms with van der Waals surface area (Å²) in [4.78, 5) is 0. The van der Waals surface area contributed by atoms with E-state index in [1.807, 2.05) is 6.07 Å². The van der Waals surface area contributed by atoms with Crippen LogP contribution in [0.2, 0.25) is 0 Å². The second kappa shape index (κ2) is 5.64. The molecule has 1 heterocycles. The third kappa shape index (κ3) is 2.17. The first-order valence-corrected chi connectivity index (χ1v) is 10.1. The molecular formula is C27H20BN. The van der Waals surface area contributed by atoms with Gasteiger partial charge >= 0.3 is 0 Å². The van der Waals surface area contributed by atoms with Crippen molar-refractivity contribution in [1.82, 2.24) is 4.57 Å². The smallest absolute Gasteiger partial charge is 0.113 e. The second-order valence-corrected chi connectivity index (χ2v) is 8.53. The number of rotatable bonds is 1. The van der Waals surface area contributed by atoms with Gasteiger partial charge in [-0.25, -0.2) is 0 Å². The minimum Gasteiger partial charge on any atom is -0.309 e. The number of nitrogens with zero attached hydrogens (tertiary/aromatic N) is 1. The van der Waals surface area contributed by atoms with Crippen LogP contribution in [0.15, 0.2) is 84.9 Å². The van der Waals surface area contributed by atoms with Crippen LogP contribution in [0, 0.1) is 0 Å². The zero-order valence-corrected chi connectivity index (χ0v) is 16.6. The quantitative estimate of drug-likeness (QED) is 0.325. The Labute approximate surface area is 172 Å². The molecule has 29 heavy (non-hydrogen) atoms. The lowest BCUT2D eigenvalue weighted by atomic mass is 9.82. The topological polar surface area (TPSA) is 4.93 Å². The molecule has 1 aromatic heterocycles. The van der Waals surface area contributed by atoms with Crippen LogP contribution in [0.25, 0.3) is 38.6 Å². The summed E-state index contributed by atoms with van der Waals surface area (Å²) in [6, 6.07) is 30.5. The number of aromatic nitrogens is 1. The fourth-order valence-corrected chi connectivity index (χ4v) is 5.10. The Morgan fingerprint density at radius 2 is 1.38 bits per heavy atom. The lowest BCUT2D eigenvalue weighted by Crippen LogP contribution is -2.15. The molecule has 0 atom stereocenters. The Morgan fingerprint density at radius 1 is 0.655 bits per heavy atom. The van der Waals surface area contributed by atoms with Crippen LogP contribution in [0.4, 0.5) is 0 Å². The summed E-state index contributed by atoms with van der Waals surface area (Å²) in [7, 11) is 6.11. The highest BCUT2D eigenvalue weighted by Crippen LogP contribution is 2.49. The molecule has 4 aromatic carbocycles. The normalized spacial score (nSPS) is 14.3. The van der Waals surface area contributed by atoms with Gasteiger partial charge in [0.05, 0.1) is 11.0 Å². The highest BCUT2D eigenvalue weighted by molar-refractivity contribution is 6.33. The molecule has 0 aliphatic heterocycles. The van der Waals surface area contributed by atoms with Gasteiger partial charge in [0.1, 0.15) is 7.85 Å². The summed E-state index contributed by atoms with van der Waals surface area (Å²) in [5.41, 5.74) is 9.88. The standard InChI is InChI=1S/C27H20BN/c1-27(2)23-9-5-3-7-19(23)20-13-12-18(16-24(20)27)29-25-10-6-4-8-21(25)22-15-17(28)11-14-26(22)29/h3-16H,1-2H3. The molecule has 0 N–H and O–H groups in total. The Morgan fingerprint density at radius 3 is 2.28 bits per heavy atom. The van der Waals surface area contributed by atoms with Crippen LogP contribution in [0.3, 0.4) is 0 Å². The summed E-state index contributed by atoms with van der Waals surface area (Å²) in [6.45, 7) is 4.65. The molecule has 0 saturated carbocycles. The molecule has 0 spiro atoms. The maximum absolute atomic E-state index is 6.11. The van der Waals surface area contributed by atoms with E-state index in [0.717, 1.165) is 5.46 Å². The first-order chi connectivity index (χ1) is 14.1. The van der Waals surface area contributed by atoms with Crippen molar-refractivity contribution in [3.63, 3.8) is 0 Å². The van der Waals surface area contributed by atoms with Crippen molar-refractivity contribution in [2.75, 3.05) is 0 Å². The van der Waals surface area contributed by atoms with Crippen LogP contribution in [-0.2, 0) is 5.41 Å². The molecule has 1 aliphatic rings. The van der Waals surface area contributed by atoms with Gasteiger partial charge in [-0.05, 0) is 46.5 Å². The van der Waals surface area contributed by atoms with Crippen molar-refractivity contribution in [2.45, 2.75) is 19.3 Å². The maximum Gasteiger partial charge on any atom is 0.113 e. The predicted octanol–water partition coefficient (Wildman–Crippen LogP) is 5.88. The summed E-state index contributed by atoms with van der Waals surface area (Å²) in [6.07, 6.45) is 0. The van der Waals surface area contributed by atoms with E-state index in [4.69, 9.17) is 7.85 Å². The molecule has 0 fully saturated rings. The fourth-order valence-electron chi connectivity index (χ4n) is 5.10. The van der Waals surface area contributed by atoms with Gasteiger partial charge in [0.2, 0.25) is 0 Å². The SMILES string of the molecule is [B]c1ccc2c(c1)c1ccccc1n2-c1ccc2c(c1)C(C)(C)c1ccccc1-2. The lowest BCUT2D eigenvalue weighted by Gasteiger charge is -2.22. The minimum atomic E-state index is -0.00880. The third-order valence-corrected chi connectivity index (χ3v) is 6.52. The Bertz CT molecular complexity index is 1440. The van der Waals surface area contributed by atoms with Crippen molar-refractivity contribution in [3.05, 3.63) is 96.1 Å². The molecule has 2 radical (unpaired) electrons. The molecular weight excluding hydrogens is 349 g/mol. The summed E-state index contributed by atoms with van der Waals surface area (Å²) < 4.78 is 2.36. The Balaban J connectivity index is 1.67. The molecule has 1 nitrogen and oxygen atoms in total. The van der Waals surface area contributed by atoms with Crippen LogP contribution in [-0.4, -0.2) is 12.4 Å². The number of benzene rings is 4. The van der Waals surface area contributed by atoms with E-state index in [1.165, 1.54) is 49.7 Å². The van der Waals surface area contributed by atoms with Gasteiger partial charge in [-0.1, -0.05) is 80.0 Å². The molecule has 6 rings (SSSR count). The largest absolute Gasteiger partial charge is 0.309 e. The molecule has 1 aliphatic carbocycles. The zero-order chi connectivity index (χ0) is 19.8. The first-order valence-electron chi connectivity index (χ1n) is 10.1. The number of hydrogen-bond donors (Lipinski definition) is 0. The van der Waals surface area contributed by atoms with E-state index in [-0.39, 0.29) is 5.41 Å². The number of para-hydroxylation sites is 1. The summed E-state index contributed by atoms with van der Waals surface area (Å²) in [5, 5.41) is 2.43. The van der Waals surface area contributed by atoms with Gasteiger partial charge in [-0.2, -0.15) is 0 Å². The van der Waals surface area contributed by atoms with Crippen molar-refractivity contribution in [2.24, 2.45) is 0 Å².